The molecule has 2 heterocycles. The molecule has 2 rings (SSSR count). The highest BCUT2D eigenvalue weighted by molar-refractivity contribution is 6.29. The Labute approximate surface area is 91.3 Å². The van der Waals surface area contributed by atoms with Crippen LogP contribution in [0.5, 0.6) is 0 Å². The van der Waals surface area contributed by atoms with E-state index < -0.39 is 0 Å². The minimum absolute atomic E-state index is 0.444. The lowest BCUT2D eigenvalue weighted by atomic mass is 9.87. The minimum atomic E-state index is 0.444. The van der Waals surface area contributed by atoms with Crippen molar-refractivity contribution in [2.45, 2.75) is 38.9 Å². The van der Waals surface area contributed by atoms with Crippen molar-refractivity contribution in [1.29, 1.82) is 0 Å². The summed E-state index contributed by atoms with van der Waals surface area (Å²) in [5.74, 6) is 2.08. The van der Waals surface area contributed by atoms with Crippen LogP contribution in [-0.2, 0) is 6.42 Å². The first-order valence-corrected chi connectivity index (χ1v) is 5.69. The van der Waals surface area contributed by atoms with Crippen LogP contribution in [0.25, 0.3) is 0 Å². The first-order valence-electron chi connectivity index (χ1n) is 5.69. The van der Waals surface area contributed by atoms with Gasteiger partial charge in [-0.15, -0.1) is 0 Å². The van der Waals surface area contributed by atoms with Gasteiger partial charge in [-0.05, 0) is 25.9 Å². The van der Waals surface area contributed by atoms with Crippen molar-refractivity contribution < 1.29 is 4.52 Å². The zero-order valence-electron chi connectivity index (χ0n) is 9.44. The van der Waals surface area contributed by atoms with Gasteiger partial charge in [0.05, 0.1) is 0 Å². The van der Waals surface area contributed by atoms with E-state index in [4.69, 9.17) is 4.52 Å². The predicted octanol–water partition coefficient (Wildman–Crippen LogP) is 1.48. The molecule has 1 radical (unpaired) electrons. The first-order chi connectivity index (χ1) is 7.33. The van der Waals surface area contributed by atoms with Gasteiger partial charge in [-0.2, -0.15) is 4.98 Å². The van der Waals surface area contributed by atoms with Gasteiger partial charge in [-0.1, -0.05) is 18.9 Å². The summed E-state index contributed by atoms with van der Waals surface area (Å²) in [7, 11) is 2.15. The molecule has 0 spiro atoms. The molecule has 0 saturated carbocycles. The molecule has 5 heteroatoms. The Balaban J connectivity index is 2.03. The maximum atomic E-state index is 5.15. The van der Waals surface area contributed by atoms with Crippen LogP contribution in [-0.4, -0.2) is 35.5 Å². The largest absolute Gasteiger partial charge is 0.346 e. The average molecular weight is 206 g/mol. The van der Waals surface area contributed by atoms with Crippen LogP contribution in [0.4, 0.5) is 0 Å². The fourth-order valence-corrected chi connectivity index (χ4v) is 2.03. The number of aromatic nitrogens is 2. The maximum absolute atomic E-state index is 5.15. The summed E-state index contributed by atoms with van der Waals surface area (Å²) in [6.07, 6.45) is 3.21. The van der Waals surface area contributed by atoms with E-state index in [1.165, 1.54) is 12.8 Å². The van der Waals surface area contributed by atoms with Crippen molar-refractivity contribution >= 4 is 7.41 Å². The van der Waals surface area contributed by atoms with Crippen LogP contribution in [0.2, 0.25) is 6.82 Å². The highest BCUT2D eigenvalue weighted by atomic mass is 16.5. The van der Waals surface area contributed by atoms with Crippen molar-refractivity contribution in [3.05, 3.63) is 11.7 Å². The molecule has 1 aliphatic rings. The molecule has 1 unspecified atom stereocenters. The van der Waals surface area contributed by atoms with Crippen LogP contribution in [0.3, 0.4) is 0 Å². The summed E-state index contributed by atoms with van der Waals surface area (Å²) in [4.78, 5) is 6.73. The van der Waals surface area contributed by atoms with Gasteiger partial charge in [0, 0.05) is 12.3 Å². The van der Waals surface area contributed by atoms with Crippen molar-refractivity contribution in [1.82, 2.24) is 15.0 Å². The average Bonchev–Trinajstić information content (AvgIpc) is 2.78. The SMILES string of the molecule is C[B]N1CCCC(c2noc(CC)n2)C1. The Morgan fingerprint density at radius 3 is 3.13 bits per heavy atom. The molecule has 1 aliphatic heterocycles. The molecule has 0 aliphatic carbocycles. The summed E-state index contributed by atoms with van der Waals surface area (Å²) in [5, 5.41) is 4.05. The molecule has 0 aromatic carbocycles. The molecule has 1 atom stereocenters. The number of hydrogen-bond acceptors (Lipinski definition) is 4. The van der Waals surface area contributed by atoms with Gasteiger partial charge in [0.2, 0.25) is 13.3 Å². The zero-order valence-corrected chi connectivity index (χ0v) is 9.44. The Morgan fingerprint density at radius 2 is 2.47 bits per heavy atom. The van der Waals surface area contributed by atoms with E-state index in [0.29, 0.717) is 5.92 Å². The fraction of sp³-hybridized carbons (Fsp3) is 0.800. The van der Waals surface area contributed by atoms with Gasteiger partial charge >= 0.3 is 0 Å². The van der Waals surface area contributed by atoms with Crippen LogP contribution in [0.15, 0.2) is 4.52 Å². The lowest BCUT2D eigenvalue weighted by Gasteiger charge is -2.29. The molecule has 81 valence electrons. The second kappa shape index (κ2) is 4.79. The molecule has 0 amide bonds. The van der Waals surface area contributed by atoms with Crippen LogP contribution in [0, 0.1) is 0 Å². The van der Waals surface area contributed by atoms with Gasteiger partial charge < -0.3 is 9.33 Å². The summed E-state index contributed by atoms with van der Waals surface area (Å²) in [6.45, 7) is 6.30. The normalized spacial score (nSPS) is 22.9. The second-order valence-corrected chi connectivity index (χ2v) is 3.99. The minimum Gasteiger partial charge on any atom is -0.346 e. The Morgan fingerprint density at radius 1 is 1.60 bits per heavy atom. The fourth-order valence-electron chi connectivity index (χ4n) is 2.03. The molecule has 1 fully saturated rings. The van der Waals surface area contributed by atoms with Crippen LogP contribution >= 0.6 is 0 Å². The Kier molecular flexibility index (Phi) is 3.41. The number of piperidine rings is 1. The third kappa shape index (κ3) is 2.40. The monoisotopic (exact) mass is 206 g/mol. The van der Waals surface area contributed by atoms with E-state index in [9.17, 15) is 0 Å². The zero-order chi connectivity index (χ0) is 10.7. The van der Waals surface area contributed by atoms with Crippen LogP contribution in [0.1, 0.15) is 37.4 Å². The molecule has 1 aromatic heterocycles. The van der Waals surface area contributed by atoms with Crippen molar-refractivity contribution in [3.8, 4) is 0 Å². The first kappa shape index (κ1) is 10.7. The van der Waals surface area contributed by atoms with E-state index in [1.807, 2.05) is 6.92 Å². The lowest BCUT2D eigenvalue weighted by Crippen LogP contribution is -2.36. The molecular formula is C10H17BN3O. The lowest BCUT2D eigenvalue weighted by molar-refractivity contribution is 0.307. The van der Waals surface area contributed by atoms with E-state index in [2.05, 4.69) is 29.2 Å². The third-order valence-electron chi connectivity index (χ3n) is 2.97. The highest BCUT2D eigenvalue weighted by Gasteiger charge is 2.24. The van der Waals surface area contributed by atoms with Gasteiger partial charge in [0.25, 0.3) is 0 Å². The van der Waals surface area contributed by atoms with Gasteiger partial charge in [-0.3, -0.25) is 0 Å². The summed E-state index contributed by atoms with van der Waals surface area (Å²) in [6, 6.07) is 0. The van der Waals surface area contributed by atoms with E-state index >= 15 is 0 Å². The van der Waals surface area contributed by atoms with Crippen LogP contribution < -0.4 is 0 Å². The van der Waals surface area contributed by atoms with Crippen molar-refractivity contribution in [2.24, 2.45) is 0 Å². The van der Waals surface area contributed by atoms with Crippen molar-refractivity contribution in [3.63, 3.8) is 0 Å². The predicted molar refractivity (Wildman–Crippen MR) is 58.8 cm³/mol. The van der Waals surface area contributed by atoms with E-state index in [0.717, 1.165) is 31.2 Å². The van der Waals surface area contributed by atoms with E-state index in [-0.39, 0.29) is 0 Å². The Hall–Kier alpha value is -0.835. The quantitative estimate of drug-likeness (QED) is 0.702. The molecule has 1 saturated heterocycles. The molecule has 15 heavy (non-hydrogen) atoms. The summed E-state index contributed by atoms with van der Waals surface area (Å²) >= 11 is 0. The molecule has 0 N–H and O–H groups in total. The van der Waals surface area contributed by atoms with Crippen molar-refractivity contribution in [2.75, 3.05) is 13.1 Å². The maximum Gasteiger partial charge on any atom is 0.226 e. The van der Waals surface area contributed by atoms with Gasteiger partial charge in [-0.25, -0.2) is 0 Å². The molecular weight excluding hydrogens is 189 g/mol. The number of hydrogen-bond donors (Lipinski definition) is 0. The standard InChI is InChI=1S/C10H17BN3O/c1-3-9-12-10(13-15-9)8-5-4-6-14(7-8)11-2/h8H,3-7H2,1-2H3. The summed E-state index contributed by atoms with van der Waals surface area (Å²) < 4.78 is 5.15. The number of aryl methyl sites for hydroxylation is 1. The smallest absolute Gasteiger partial charge is 0.226 e. The molecule has 1 aromatic rings. The molecule has 4 nitrogen and oxygen atoms in total. The van der Waals surface area contributed by atoms with Gasteiger partial charge in [0.15, 0.2) is 5.82 Å². The Bertz CT molecular complexity index is 315. The number of nitrogens with zero attached hydrogens (tertiary/aromatic N) is 3. The number of rotatable bonds is 3. The topological polar surface area (TPSA) is 42.2 Å². The molecule has 0 bridgehead atoms. The van der Waals surface area contributed by atoms with Gasteiger partial charge in [0.1, 0.15) is 0 Å². The third-order valence-corrected chi connectivity index (χ3v) is 2.97. The van der Waals surface area contributed by atoms with E-state index in [1.54, 1.807) is 0 Å². The highest BCUT2D eigenvalue weighted by Crippen LogP contribution is 2.24. The second-order valence-electron chi connectivity index (χ2n) is 3.99. The summed E-state index contributed by atoms with van der Waals surface area (Å²) in [5.41, 5.74) is 0.